The van der Waals surface area contributed by atoms with Crippen LogP contribution in [-0.4, -0.2) is 38.5 Å². The van der Waals surface area contributed by atoms with E-state index in [9.17, 15) is 18.5 Å². The Morgan fingerprint density at radius 1 is 1.45 bits per heavy atom. The third-order valence-corrected chi connectivity index (χ3v) is 6.10. The fraction of sp³-hybridized carbons (Fsp3) is 0.467. The summed E-state index contributed by atoms with van der Waals surface area (Å²) in [7, 11) is -3.95. The molecule has 1 aliphatic heterocycles. The van der Waals surface area contributed by atoms with Crippen LogP contribution >= 0.6 is 0 Å². The van der Waals surface area contributed by atoms with Gasteiger partial charge in [-0.1, -0.05) is 18.2 Å². The van der Waals surface area contributed by atoms with E-state index in [1.807, 2.05) is 6.07 Å². The molecule has 1 aromatic rings. The number of carbonyl (C=O) groups is 1. The van der Waals surface area contributed by atoms with Gasteiger partial charge in [-0.15, -0.1) is 0 Å². The van der Waals surface area contributed by atoms with Crippen molar-refractivity contribution in [2.45, 2.75) is 35.5 Å². The second-order valence-corrected chi connectivity index (χ2v) is 7.14. The van der Waals surface area contributed by atoms with Crippen LogP contribution in [0.1, 0.15) is 19.8 Å². The van der Waals surface area contributed by atoms with Crippen molar-refractivity contribution in [3.63, 3.8) is 0 Å². The van der Waals surface area contributed by atoms with Crippen LogP contribution < -0.4 is 0 Å². The SMILES string of the molecule is CCOC(=O)C[C@H]1OCC[C@]1(C#N)S(=O)(=O)c1ccccc1. The highest BCUT2D eigenvalue weighted by molar-refractivity contribution is 7.93. The predicted molar refractivity (Wildman–Crippen MR) is 77.6 cm³/mol. The number of carbonyl (C=O) groups excluding carboxylic acids is 1. The van der Waals surface area contributed by atoms with Gasteiger partial charge in [-0.25, -0.2) is 8.42 Å². The molecular weight excluding hydrogens is 306 g/mol. The van der Waals surface area contributed by atoms with Gasteiger partial charge in [0.05, 0.1) is 24.0 Å². The van der Waals surface area contributed by atoms with Gasteiger partial charge in [0.1, 0.15) is 6.10 Å². The van der Waals surface area contributed by atoms with E-state index >= 15 is 0 Å². The van der Waals surface area contributed by atoms with E-state index in [0.29, 0.717) is 0 Å². The summed E-state index contributed by atoms with van der Waals surface area (Å²) in [5.41, 5.74) is 0. The number of sulfone groups is 1. The van der Waals surface area contributed by atoms with Crippen molar-refractivity contribution in [3.8, 4) is 6.07 Å². The molecule has 1 fully saturated rings. The Morgan fingerprint density at radius 2 is 2.14 bits per heavy atom. The van der Waals surface area contributed by atoms with Gasteiger partial charge in [0.15, 0.2) is 14.6 Å². The van der Waals surface area contributed by atoms with Gasteiger partial charge in [0.2, 0.25) is 0 Å². The topological polar surface area (TPSA) is 93.5 Å². The highest BCUT2D eigenvalue weighted by atomic mass is 32.2. The Bertz CT molecular complexity index is 680. The Kier molecular flexibility index (Phi) is 4.84. The highest BCUT2D eigenvalue weighted by Gasteiger charge is 2.56. The quantitative estimate of drug-likeness (QED) is 0.762. The number of rotatable bonds is 5. The molecule has 1 heterocycles. The minimum Gasteiger partial charge on any atom is -0.466 e. The minimum atomic E-state index is -3.95. The largest absolute Gasteiger partial charge is 0.466 e. The van der Waals surface area contributed by atoms with E-state index in [1.165, 1.54) is 12.1 Å². The Labute approximate surface area is 129 Å². The average Bonchev–Trinajstić information content (AvgIpc) is 2.92. The van der Waals surface area contributed by atoms with E-state index in [-0.39, 0.29) is 31.0 Å². The maximum atomic E-state index is 12.9. The second kappa shape index (κ2) is 6.46. The summed E-state index contributed by atoms with van der Waals surface area (Å²) in [6, 6.07) is 9.65. The first-order valence-electron chi connectivity index (χ1n) is 6.96. The van der Waals surface area contributed by atoms with Crippen LogP contribution in [0.15, 0.2) is 35.2 Å². The molecule has 0 spiro atoms. The van der Waals surface area contributed by atoms with Gasteiger partial charge in [-0.05, 0) is 19.1 Å². The van der Waals surface area contributed by atoms with Crippen LogP contribution in [-0.2, 0) is 24.1 Å². The van der Waals surface area contributed by atoms with Gasteiger partial charge in [-0.3, -0.25) is 4.79 Å². The monoisotopic (exact) mass is 323 g/mol. The maximum absolute atomic E-state index is 12.9. The van der Waals surface area contributed by atoms with E-state index in [2.05, 4.69) is 0 Å². The standard InChI is InChI=1S/C15H17NO5S/c1-2-20-14(17)10-13-15(11-16,8-9-21-13)22(18,19)12-6-4-3-5-7-12/h3-7,13H,2,8-10H2,1H3/t13-,15-/m1/s1. The van der Waals surface area contributed by atoms with Crippen molar-refractivity contribution in [1.29, 1.82) is 5.26 Å². The van der Waals surface area contributed by atoms with Gasteiger partial charge in [0, 0.05) is 13.0 Å². The van der Waals surface area contributed by atoms with Crippen molar-refractivity contribution >= 4 is 15.8 Å². The van der Waals surface area contributed by atoms with Crippen LogP contribution in [0.5, 0.6) is 0 Å². The van der Waals surface area contributed by atoms with Crippen molar-refractivity contribution < 1.29 is 22.7 Å². The molecule has 0 N–H and O–H groups in total. The van der Waals surface area contributed by atoms with Gasteiger partial charge < -0.3 is 9.47 Å². The van der Waals surface area contributed by atoms with E-state index in [1.54, 1.807) is 25.1 Å². The third kappa shape index (κ3) is 2.72. The summed E-state index contributed by atoms with van der Waals surface area (Å²) in [5.74, 6) is -0.572. The lowest BCUT2D eigenvalue weighted by Gasteiger charge is -2.26. The number of esters is 1. The lowest BCUT2D eigenvalue weighted by molar-refractivity contribution is -0.145. The van der Waals surface area contributed by atoms with Crippen LogP contribution in [0.25, 0.3) is 0 Å². The van der Waals surface area contributed by atoms with E-state index < -0.39 is 26.7 Å². The third-order valence-electron chi connectivity index (χ3n) is 3.69. The van der Waals surface area contributed by atoms with Crippen molar-refractivity contribution in [2.24, 2.45) is 0 Å². The molecule has 0 saturated carbocycles. The van der Waals surface area contributed by atoms with Crippen LogP contribution in [0, 0.1) is 11.3 Å². The molecular formula is C15H17NO5S. The molecule has 1 saturated heterocycles. The average molecular weight is 323 g/mol. The molecule has 0 radical (unpaired) electrons. The number of benzene rings is 1. The number of ether oxygens (including phenoxy) is 2. The summed E-state index contributed by atoms with van der Waals surface area (Å²) in [4.78, 5) is 11.7. The van der Waals surface area contributed by atoms with Crippen LogP contribution in [0.4, 0.5) is 0 Å². The summed E-state index contributed by atoms with van der Waals surface area (Å²) in [6.07, 6.45) is -1.25. The molecule has 7 heteroatoms. The fourth-order valence-electron chi connectivity index (χ4n) is 2.55. The molecule has 6 nitrogen and oxygen atoms in total. The van der Waals surface area contributed by atoms with E-state index in [0.717, 1.165) is 0 Å². The molecule has 0 aromatic heterocycles. The first-order valence-corrected chi connectivity index (χ1v) is 8.44. The molecule has 2 rings (SSSR count). The first-order chi connectivity index (χ1) is 10.5. The van der Waals surface area contributed by atoms with Crippen molar-refractivity contribution in [3.05, 3.63) is 30.3 Å². The summed E-state index contributed by atoms with van der Waals surface area (Å²) in [5, 5.41) is 9.57. The second-order valence-electron chi connectivity index (χ2n) is 4.94. The van der Waals surface area contributed by atoms with Gasteiger partial charge >= 0.3 is 5.97 Å². The highest BCUT2D eigenvalue weighted by Crippen LogP contribution is 2.39. The maximum Gasteiger partial charge on any atom is 0.308 e. The molecule has 1 aromatic carbocycles. The smallest absolute Gasteiger partial charge is 0.308 e. The minimum absolute atomic E-state index is 0.0325. The molecule has 0 bridgehead atoms. The lowest BCUT2D eigenvalue weighted by Crippen LogP contribution is -2.45. The zero-order chi connectivity index (χ0) is 16.2. The zero-order valence-corrected chi connectivity index (χ0v) is 13.0. The molecule has 0 amide bonds. The van der Waals surface area contributed by atoms with Gasteiger partial charge in [0.25, 0.3) is 0 Å². The molecule has 1 aliphatic rings. The molecule has 118 valence electrons. The van der Waals surface area contributed by atoms with Crippen LogP contribution in [0.2, 0.25) is 0 Å². The molecule has 2 atom stereocenters. The van der Waals surface area contributed by atoms with E-state index in [4.69, 9.17) is 9.47 Å². The lowest BCUT2D eigenvalue weighted by atomic mass is 10.00. The number of nitrogens with zero attached hydrogens (tertiary/aromatic N) is 1. The zero-order valence-electron chi connectivity index (χ0n) is 12.2. The summed E-state index contributed by atoms with van der Waals surface area (Å²) in [6.45, 7) is 1.96. The Balaban J connectivity index is 2.39. The predicted octanol–water partition coefficient (Wildman–Crippen LogP) is 1.46. The first kappa shape index (κ1) is 16.5. The number of nitriles is 1. The van der Waals surface area contributed by atoms with Gasteiger partial charge in [-0.2, -0.15) is 5.26 Å². The normalized spacial score (nSPS) is 24.6. The molecule has 0 unspecified atom stereocenters. The van der Waals surface area contributed by atoms with Crippen molar-refractivity contribution in [2.75, 3.05) is 13.2 Å². The summed E-state index contributed by atoms with van der Waals surface area (Å²) < 4.78 is 34.2. The molecule has 0 aliphatic carbocycles. The van der Waals surface area contributed by atoms with Crippen LogP contribution in [0.3, 0.4) is 0 Å². The Morgan fingerprint density at radius 3 is 2.73 bits per heavy atom. The Hall–Kier alpha value is -1.91. The summed E-state index contributed by atoms with van der Waals surface area (Å²) >= 11 is 0. The molecule has 22 heavy (non-hydrogen) atoms. The number of hydrogen-bond donors (Lipinski definition) is 0. The fourth-order valence-corrected chi connectivity index (χ4v) is 4.45. The number of hydrogen-bond acceptors (Lipinski definition) is 6. The van der Waals surface area contributed by atoms with Crippen molar-refractivity contribution in [1.82, 2.24) is 0 Å².